The molecule has 0 aromatic heterocycles. The number of halogens is 1. The molecule has 0 radical (unpaired) electrons. The van der Waals surface area contributed by atoms with Gasteiger partial charge in [-0.05, 0) is 31.7 Å². The van der Waals surface area contributed by atoms with Gasteiger partial charge in [0.15, 0.2) is 5.78 Å². The topological polar surface area (TPSA) is 40.5 Å². The smallest absolute Gasteiger partial charge is 0.151 e. The van der Waals surface area contributed by atoms with E-state index in [1.54, 1.807) is 31.0 Å². The number of aliphatic hydroxyl groups is 1. The summed E-state index contributed by atoms with van der Waals surface area (Å²) in [4.78, 5) is 13.4. The van der Waals surface area contributed by atoms with E-state index in [0.29, 0.717) is 19.5 Å². The van der Waals surface area contributed by atoms with Crippen LogP contribution < -0.4 is 0 Å². The maximum Gasteiger partial charge on any atom is 0.151 e. The molecule has 0 saturated carbocycles. The summed E-state index contributed by atoms with van der Waals surface area (Å²) in [6.07, 6.45) is -0.150. The molecule has 1 aromatic rings. The van der Waals surface area contributed by atoms with Crippen molar-refractivity contribution in [1.29, 1.82) is 0 Å². The summed E-state index contributed by atoms with van der Waals surface area (Å²) in [5.41, 5.74) is 0.807. The molecule has 0 aliphatic heterocycles. The normalized spacial score (nSPS) is 12.8. The first kappa shape index (κ1) is 13.8. The lowest BCUT2D eigenvalue weighted by atomic mass is 10.1. The molecule has 0 bridgehead atoms. The zero-order valence-electron chi connectivity index (χ0n) is 10.2. The van der Waals surface area contributed by atoms with E-state index < -0.39 is 6.10 Å². The van der Waals surface area contributed by atoms with Gasteiger partial charge in [0, 0.05) is 13.0 Å². The first-order chi connectivity index (χ1) is 7.97. The number of hydrogen-bond acceptors (Lipinski definition) is 3. The second-order valence-electron chi connectivity index (χ2n) is 4.39. The van der Waals surface area contributed by atoms with Crippen molar-refractivity contribution in [2.45, 2.75) is 19.4 Å². The van der Waals surface area contributed by atoms with Gasteiger partial charge in [-0.3, -0.25) is 9.69 Å². The molecule has 1 N–H and O–H groups in total. The van der Waals surface area contributed by atoms with Gasteiger partial charge in [0.1, 0.15) is 5.82 Å². The van der Waals surface area contributed by atoms with Crippen molar-refractivity contribution in [2.24, 2.45) is 0 Å². The minimum Gasteiger partial charge on any atom is -0.392 e. The molecule has 1 atom stereocenters. The summed E-state index contributed by atoms with van der Waals surface area (Å²) in [6, 6.07) is 5.92. The Labute approximate surface area is 101 Å². The van der Waals surface area contributed by atoms with Crippen LogP contribution in [-0.2, 0) is 11.2 Å². The average Bonchev–Trinajstić information content (AvgIpc) is 2.19. The summed E-state index contributed by atoms with van der Waals surface area (Å²) in [6.45, 7) is 2.44. The quantitative estimate of drug-likeness (QED) is 0.812. The molecule has 1 unspecified atom stereocenters. The Kier molecular flexibility index (Phi) is 5.25. The largest absolute Gasteiger partial charge is 0.392 e. The number of nitrogens with zero attached hydrogens (tertiary/aromatic N) is 1. The summed E-state index contributed by atoms with van der Waals surface area (Å²) < 4.78 is 12.7. The molecule has 1 aromatic carbocycles. The molecule has 0 heterocycles. The fourth-order valence-electron chi connectivity index (χ4n) is 1.70. The molecule has 1 rings (SSSR count). The summed E-state index contributed by atoms with van der Waals surface area (Å²) >= 11 is 0. The van der Waals surface area contributed by atoms with Gasteiger partial charge in [0.25, 0.3) is 0 Å². The number of hydrogen-bond donors (Lipinski definition) is 1. The van der Waals surface area contributed by atoms with E-state index in [1.165, 1.54) is 12.1 Å². The van der Waals surface area contributed by atoms with Crippen LogP contribution in [0, 0.1) is 5.82 Å². The summed E-state index contributed by atoms with van der Waals surface area (Å²) in [5.74, 6) is -0.243. The zero-order chi connectivity index (χ0) is 12.8. The lowest BCUT2D eigenvalue weighted by Crippen LogP contribution is -2.32. The highest BCUT2D eigenvalue weighted by molar-refractivity contribution is 5.82. The second-order valence-corrected chi connectivity index (χ2v) is 4.39. The Hall–Kier alpha value is -1.26. The van der Waals surface area contributed by atoms with Crippen LogP contribution in [0.25, 0.3) is 0 Å². The third-order valence-corrected chi connectivity index (χ3v) is 2.34. The molecule has 17 heavy (non-hydrogen) atoms. The summed E-state index contributed by atoms with van der Waals surface area (Å²) in [7, 11) is 1.79. The van der Waals surface area contributed by atoms with E-state index in [4.69, 9.17) is 5.11 Å². The van der Waals surface area contributed by atoms with Crippen molar-refractivity contribution < 1.29 is 14.3 Å². The molecule has 0 fully saturated rings. The molecule has 0 saturated heterocycles. The number of Topliss-reactive ketones (excluding diaryl/α,β-unsaturated/α-hetero) is 1. The molecular formula is C13H18FNO2. The van der Waals surface area contributed by atoms with Crippen LogP contribution in [0.1, 0.15) is 12.5 Å². The van der Waals surface area contributed by atoms with Gasteiger partial charge < -0.3 is 5.11 Å². The summed E-state index contributed by atoms with van der Waals surface area (Å²) in [5, 5.41) is 9.16. The Balaban J connectivity index is 2.41. The van der Waals surface area contributed by atoms with E-state index in [0.717, 1.165) is 5.56 Å². The highest BCUT2D eigenvalue weighted by Gasteiger charge is 2.09. The lowest BCUT2D eigenvalue weighted by Gasteiger charge is -2.17. The molecule has 3 nitrogen and oxygen atoms in total. The minimum absolute atomic E-state index is 0.0553. The predicted molar refractivity (Wildman–Crippen MR) is 64.3 cm³/mol. The number of likely N-dealkylation sites (N-methyl/N-ethyl adjacent to an activating group) is 1. The van der Waals surface area contributed by atoms with Gasteiger partial charge in [-0.25, -0.2) is 4.39 Å². The van der Waals surface area contributed by atoms with Gasteiger partial charge >= 0.3 is 0 Å². The zero-order valence-corrected chi connectivity index (χ0v) is 10.2. The van der Waals surface area contributed by atoms with E-state index >= 15 is 0 Å². The Morgan fingerprint density at radius 3 is 2.53 bits per heavy atom. The third-order valence-electron chi connectivity index (χ3n) is 2.34. The van der Waals surface area contributed by atoms with Crippen molar-refractivity contribution in [2.75, 3.05) is 20.1 Å². The van der Waals surface area contributed by atoms with Crippen LogP contribution in [0.4, 0.5) is 4.39 Å². The van der Waals surface area contributed by atoms with Gasteiger partial charge in [0.05, 0.1) is 12.6 Å². The fraction of sp³-hybridized carbons (Fsp3) is 0.462. The first-order valence-corrected chi connectivity index (χ1v) is 5.60. The van der Waals surface area contributed by atoms with Crippen LogP contribution in [-0.4, -0.2) is 42.0 Å². The molecule has 0 amide bonds. The Morgan fingerprint density at radius 2 is 2.00 bits per heavy atom. The van der Waals surface area contributed by atoms with Crippen molar-refractivity contribution in [3.63, 3.8) is 0 Å². The van der Waals surface area contributed by atoms with Crippen molar-refractivity contribution in [3.05, 3.63) is 35.6 Å². The first-order valence-electron chi connectivity index (χ1n) is 5.60. The molecule has 94 valence electrons. The lowest BCUT2D eigenvalue weighted by molar-refractivity contribution is -0.119. The number of aliphatic hydroxyl groups excluding tert-OH is 1. The van der Waals surface area contributed by atoms with Crippen LogP contribution in [0.15, 0.2) is 24.3 Å². The molecule has 4 heteroatoms. The number of carbonyl (C=O) groups is 1. The number of benzene rings is 1. The second kappa shape index (κ2) is 6.47. The maximum absolute atomic E-state index is 12.7. The van der Waals surface area contributed by atoms with Crippen LogP contribution >= 0.6 is 0 Å². The monoisotopic (exact) mass is 239 g/mol. The van der Waals surface area contributed by atoms with E-state index in [1.807, 2.05) is 0 Å². The molecule has 0 aliphatic rings. The van der Waals surface area contributed by atoms with Crippen LogP contribution in [0.2, 0.25) is 0 Å². The molecular weight excluding hydrogens is 221 g/mol. The molecule has 0 spiro atoms. The standard InChI is InChI=1S/C13H18FNO2/c1-10(16)8-15(2)9-13(17)7-11-3-5-12(14)6-4-11/h3-6,10,16H,7-9H2,1-2H3. The van der Waals surface area contributed by atoms with Gasteiger partial charge in [-0.15, -0.1) is 0 Å². The SMILES string of the molecule is CC(O)CN(C)CC(=O)Cc1ccc(F)cc1. The highest BCUT2D eigenvalue weighted by Crippen LogP contribution is 2.04. The van der Waals surface area contributed by atoms with Gasteiger partial charge in [-0.1, -0.05) is 12.1 Å². The fourth-order valence-corrected chi connectivity index (χ4v) is 1.70. The Bertz CT molecular complexity index is 362. The number of carbonyl (C=O) groups excluding carboxylic acids is 1. The predicted octanol–water partition coefficient (Wildman–Crippen LogP) is 1.25. The van der Waals surface area contributed by atoms with Crippen LogP contribution in [0.3, 0.4) is 0 Å². The molecule has 0 aliphatic carbocycles. The van der Waals surface area contributed by atoms with Gasteiger partial charge in [0.2, 0.25) is 0 Å². The van der Waals surface area contributed by atoms with E-state index in [9.17, 15) is 9.18 Å². The van der Waals surface area contributed by atoms with Crippen molar-refractivity contribution >= 4 is 5.78 Å². The average molecular weight is 239 g/mol. The Morgan fingerprint density at radius 1 is 1.41 bits per heavy atom. The van der Waals surface area contributed by atoms with Gasteiger partial charge in [-0.2, -0.15) is 0 Å². The number of rotatable bonds is 6. The van der Waals surface area contributed by atoms with Crippen LogP contribution in [0.5, 0.6) is 0 Å². The van der Waals surface area contributed by atoms with E-state index in [2.05, 4.69) is 0 Å². The van der Waals surface area contributed by atoms with Crippen molar-refractivity contribution in [1.82, 2.24) is 4.90 Å². The van der Waals surface area contributed by atoms with Crippen molar-refractivity contribution in [3.8, 4) is 0 Å². The maximum atomic E-state index is 12.7. The number of ketones is 1. The highest BCUT2D eigenvalue weighted by atomic mass is 19.1. The van der Waals surface area contributed by atoms with E-state index in [-0.39, 0.29) is 11.6 Å². The minimum atomic E-state index is -0.446. The third kappa shape index (κ3) is 5.56.